The molecule has 1 unspecified atom stereocenters. The highest BCUT2D eigenvalue weighted by Crippen LogP contribution is 2.21. The van der Waals surface area contributed by atoms with Gasteiger partial charge >= 0.3 is 5.97 Å². The van der Waals surface area contributed by atoms with E-state index in [4.69, 9.17) is 5.11 Å². The zero-order chi connectivity index (χ0) is 11.8. The molecule has 84 valence electrons. The molecule has 2 N–H and O–H groups in total. The van der Waals surface area contributed by atoms with E-state index in [0.717, 1.165) is 15.9 Å². The standard InChI is InChI=1S/C9H13BrN2O3/c1-5-7(10)6(2)12(11-5)4-9(3,15)8(13)14/h15H,4H2,1-3H3,(H,13,14). The normalized spacial score (nSPS) is 15.0. The van der Waals surface area contributed by atoms with Gasteiger partial charge in [-0.3, -0.25) is 4.68 Å². The minimum atomic E-state index is -1.80. The van der Waals surface area contributed by atoms with Gasteiger partial charge in [0.1, 0.15) is 0 Å². The van der Waals surface area contributed by atoms with Crippen molar-refractivity contribution in [1.82, 2.24) is 9.78 Å². The van der Waals surface area contributed by atoms with Crippen LogP contribution in [-0.2, 0) is 11.3 Å². The quantitative estimate of drug-likeness (QED) is 0.867. The van der Waals surface area contributed by atoms with E-state index in [1.807, 2.05) is 13.8 Å². The molecule has 0 spiro atoms. The van der Waals surface area contributed by atoms with Gasteiger partial charge in [-0.15, -0.1) is 0 Å². The van der Waals surface area contributed by atoms with E-state index >= 15 is 0 Å². The molecule has 0 aliphatic heterocycles. The molecule has 0 aliphatic carbocycles. The number of aryl methyl sites for hydroxylation is 1. The molecular formula is C9H13BrN2O3. The van der Waals surface area contributed by atoms with Crippen LogP contribution in [0.25, 0.3) is 0 Å². The number of carboxylic acid groups (broad SMARTS) is 1. The molecule has 0 saturated heterocycles. The highest BCUT2D eigenvalue weighted by Gasteiger charge is 2.31. The molecule has 1 atom stereocenters. The highest BCUT2D eigenvalue weighted by molar-refractivity contribution is 9.10. The van der Waals surface area contributed by atoms with Crippen molar-refractivity contribution in [2.75, 3.05) is 0 Å². The van der Waals surface area contributed by atoms with Crippen LogP contribution in [0.2, 0.25) is 0 Å². The van der Waals surface area contributed by atoms with Gasteiger partial charge in [0.05, 0.1) is 16.7 Å². The molecule has 0 aliphatic rings. The zero-order valence-corrected chi connectivity index (χ0v) is 10.4. The summed E-state index contributed by atoms with van der Waals surface area (Å²) >= 11 is 3.33. The molecule has 1 heterocycles. The summed E-state index contributed by atoms with van der Waals surface area (Å²) in [4.78, 5) is 10.7. The molecule has 0 bridgehead atoms. The maximum Gasteiger partial charge on any atom is 0.337 e. The van der Waals surface area contributed by atoms with E-state index < -0.39 is 11.6 Å². The van der Waals surface area contributed by atoms with Crippen LogP contribution in [0.4, 0.5) is 0 Å². The SMILES string of the molecule is Cc1nn(CC(C)(O)C(=O)O)c(C)c1Br. The summed E-state index contributed by atoms with van der Waals surface area (Å²) in [5, 5.41) is 22.5. The zero-order valence-electron chi connectivity index (χ0n) is 8.78. The number of aliphatic carboxylic acids is 1. The lowest BCUT2D eigenvalue weighted by atomic mass is 10.1. The average Bonchev–Trinajstić information content (AvgIpc) is 2.33. The van der Waals surface area contributed by atoms with Crippen molar-refractivity contribution in [2.24, 2.45) is 0 Å². The van der Waals surface area contributed by atoms with Crippen molar-refractivity contribution < 1.29 is 15.0 Å². The Morgan fingerprint density at radius 1 is 1.60 bits per heavy atom. The Kier molecular flexibility index (Phi) is 3.20. The predicted octanol–water partition coefficient (Wildman–Crippen LogP) is 1.10. The van der Waals surface area contributed by atoms with Gasteiger partial charge in [0.25, 0.3) is 0 Å². The van der Waals surface area contributed by atoms with E-state index in [0.29, 0.717) is 0 Å². The van der Waals surface area contributed by atoms with Crippen LogP contribution < -0.4 is 0 Å². The Balaban J connectivity index is 3.00. The van der Waals surface area contributed by atoms with Crippen molar-refractivity contribution in [3.63, 3.8) is 0 Å². The number of aliphatic hydroxyl groups is 1. The van der Waals surface area contributed by atoms with Gasteiger partial charge in [-0.1, -0.05) is 0 Å². The number of carboxylic acids is 1. The maximum atomic E-state index is 10.7. The Morgan fingerprint density at radius 2 is 2.13 bits per heavy atom. The van der Waals surface area contributed by atoms with E-state index in [2.05, 4.69) is 21.0 Å². The molecule has 0 aromatic carbocycles. The Bertz CT molecular complexity index is 398. The summed E-state index contributed by atoms with van der Waals surface area (Å²) in [6.07, 6.45) is 0. The first-order valence-electron chi connectivity index (χ1n) is 4.41. The molecule has 1 aromatic rings. The summed E-state index contributed by atoms with van der Waals surface area (Å²) < 4.78 is 2.32. The summed E-state index contributed by atoms with van der Waals surface area (Å²) in [7, 11) is 0. The van der Waals surface area contributed by atoms with Gasteiger partial charge < -0.3 is 10.2 Å². The number of rotatable bonds is 3. The second kappa shape index (κ2) is 3.94. The third-order valence-corrected chi connectivity index (χ3v) is 3.36. The van der Waals surface area contributed by atoms with Crippen LogP contribution in [-0.4, -0.2) is 31.6 Å². The Hall–Kier alpha value is -0.880. The average molecular weight is 277 g/mol. The fourth-order valence-electron chi connectivity index (χ4n) is 1.19. The topological polar surface area (TPSA) is 75.3 Å². The Labute approximate surface area is 95.8 Å². The summed E-state index contributed by atoms with van der Waals surface area (Å²) in [6.45, 7) is 4.80. The lowest BCUT2D eigenvalue weighted by Crippen LogP contribution is -2.40. The van der Waals surface area contributed by atoms with Crippen LogP contribution in [0.1, 0.15) is 18.3 Å². The van der Waals surface area contributed by atoms with Gasteiger partial charge in [-0.25, -0.2) is 4.79 Å². The van der Waals surface area contributed by atoms with Crippen molar-refractivity contribution >= 4 is 21.9 Å². The molecule has 0 saturated carbocycles. The van der Waals surface area contributed by atoms with Crippen molar-refractivity contribution in [3.05, 3.63) is 15.9 Å². The van der Waals surface area contributed by atoms with E-state index in [9.17, 15) is 9.90 Å². The fourth-order valence-corrected chi connectivity index (χ4v) is 1.47. The number of aromatic nitrogens is 2. The monoisotopic (exact) mass is 276 g/mol. The molecular weight excluding hydrogens is 264 g/mol. The molecule has 15 heavy (non-hydrogen) atoms. The predicted molar refractivity (Wildman–Crippen MR) is 57.7 cm³/mol. The van der Waals surface area contributed by atoms with Crippen LogP contribution in [0.15, 0.2) is 4.47 Å². The Morgan fingerprint density at radius 3 is 2.47 bits per heavy atom. The van der Waals surface area contributed by atoms with Gasteiger partial charge in [-0.05, 0) is 36.7 Å². The van der Waals surface area contributed by atoms with Crippen molar-refractivity contribution in [3.8, 4) is 0 Å². The van der Waals surface area contributed by atoms with Gasteiger partial charge in [0, 0.05) is 5.69 Å². The van der Waals surface area contributed by atoms with Crippen LogP contribution in [0, 0.1) is 13.8 Å². The smallest absolute Gasteiger partial charge is 0.337 e. The number of nitrogens with zero attached hydrogens (tertiary/aromatic N) is 2. The molecule has 1 aromatic heterocycles. The van der Waals surface area contributed by atoms with Gasteiger partial charge in [-0.2, -0.15) is 5.10 Å². The van der Waals surface area contributed by atoms with Gasteiger partial charge in [0.2, 0.25) is 0 Å². The van der Waals surface area contributed by atoms with E-state index in [1.165, 1.54) is 11.6 Å². The second-order valence-corrected chi connectivity index (χ2v) is 4.51. The van der Waals surface area contributed by atoms with Crippen molar-refractivity contribution in [1.29, 1.82) is 0 Å². The lowest BCUT2D eigenvalue weighted by Gasteiger charge is -2.18. The summed E-state index contributed by atoms with van der Waals surface area (Å²) in [5.41, 5.74) is -0.231. The molecule has 0 amide bonds. The van der Waals surface area contributed by atoms with E-state index in [1.54, 1.807) is 0 Å². The maximum absolute atomic E-state index is 10.7. The minimum absolute atomic E-state index is 0.0688. The third kappa shape index (κ3) is 2.38. The largest absolute Gasteiger partial charge is 0.479 e. The molecule has 0 fully saturated rings. The first-order valence-corrected chi connectivity index (χ1v) is 5.20. The van der Waals surface area contributed by atoms with Crippen LogP contribution in [0.5, 0.6) is 0 Å². The van der Waals surface area contributed by atoms with Crippen molar-refractivity contribution in [2.45, 2.75) is 32.9 Å². The number of carbonyl (C=O) groups is 1. The van der Waals surface area contributed by atoms with Crippen LogP contribution in [0.3, 0.4) is 0 Å². The minimum Gasteiger partial charge on any atom is -0.479 e. The third-order valence-electron chi connectivity index (χ3n) is 2.21. The number of hydrogen-bond acceptors (Lipinski definition) is 3. The van der Waals surface area contributed by atoms with Crippen LogP contribution >= 0.6 is 15.9 Å². The van der Waals surface area contributed by atoms with E-state index in [-0.39, 0.29) is 6.54 Å². The highest BCUT2D eigenvalue weighted by atomic mass is 79.9. The molecule has 0 radical (unpaired) electrons. The second-order valence-electron chi connectivity index (χ2n) is 3.72. The summed E-state index contributed by atoms with van der Waals surface area (Å²) in [6, 6.07) is 0. The number of halogens is 1. The molecule has 6 heteroatoms. The number of hydrogen-bond donors (Lipinski definition) is 2. The summed E-state index contributed by atoms with van der Waals surface area (Å²) in [5.74, 6) is -1.26. The first-order chi connectivity index (χ1) is 6.75. The fraction of sp³-hybridized carbons (Fsp3) is 0.556. The van der Waals surface area contributed by atoms with Gasteiger partial charge in [0.15, 0.2) is 5.60 Å². The lowest BCUT2D eigenvalue weighted by molar-refractivity contribution is -0.158. The first kappa shape index (κ1) is 12.2. The molecule has 5 nitrogen and oxygen atoms in total. The molecule has 1 rings (SSSR count).